The molecule has 0 aliphatic heterocycles. The van der Waals surface area contributed by atoms with Gasteiger partial charge in [-0.3, -0.25) is 4.79 Å². The summed E-state index contributed by atoms with van der Waals surface area (Å²) in [4.78, 5) is 23.7. The van der Waals surface area contributed by atoms with E-state index in [2.05, 4.69) is 5.32 Å². The molecule has 0 saturated heterocycles. The van der Waals surface area contributed by atoms with Crippen LogP contribution in [-0.2, 0) is 11.2 Å². The van der Waals surface area contributed by atoms with Gasteiger partial charge in [0.05, 0.1) is 0 Å². The van der Waals surface area contributed by atoms with E-state index >= 15 is 0 Å². The van der Waals surface area contributed by atoms with Crippen LogP contribution >= 0.6 is 11.3 Å². The largest absolute Gasteiger partial charge is 0.482 e. The van der Waals surface area contributed by atoms with Gasteiger partial charge in [-0.2, -0.15) is 0 Å². The topological polar surface area (TPSA) is 75.6 Å². The van der Waals surface area contributed by atoms with Gasteiger partial charge in [0.2, 0.25) is 0 Å². The fraction of sp³-hybridized carbons (Fsp3) is 0.538. The number of hydrogen-bond donors (Lipinski definition) is 2. The Kier molecular flexibility index (Phi) is 4.42. The second-order valence-electron chi connectivity index (χ2n) is 4.60. The molecule has 1 amide bonds. The molecule has 0 bridgehead atoms. The van der Waals surface area contributed by atoms with E-state index in [0.29, 0.717) is 12.5 Å². The van der Waals surface area contributed by atoms with Crippen molar-refractivity contribution in [2.24, 2.45) is 5.92 Å². The van der Waals surface area contributed by atoms with Gasteiger partial charge in [0.25, 0.3) is 5.91 Å². The quantitative estimate of drug-likeness (QED) is 0.801. The van der Waals surface area contributed by atoms with Crippen LogP contribution in [0.15, 0.2) is 6.07 Å². The molecule has 5 nitrogen and oxygen atoms in total. The van der Waals surface area contributed by atoms with Crippen molar-refractivity contribution in [1.82, 2.24) is 5.32 Å². The van der Waals surface area contributed by atoms with Crippen LogP contribution in [0.4, 0.5) is 0 Å². The number of aryl methyl sites for hydroxylation is 1. The minimum Gasteiger partial charge on any atom is -0.482 e. The second-order valence-corrected chi connectivity index (χ2v) is 5.74. The minimum atomic E-state index is -1.02. The molecule has 1 heterocycles. The summed E-state index contributed by atoms with van der Waals surface area (Å²) in [7, 11) is 0. The Bertz CT molecular complexity index is 479. The molecule has 6 heteroatoms. The minimum absolute atomic E-state index is 0.132. The molecule has 0 atom stereocenters. The fourth-order valence-electron chi connectivity index (χ4n) is 1.63. The van der Waals surface area contributed by atoms with E-state index in [1.807, 2.05) is 6.92 Å². The average molecular weight is 283 g/mol. The first kappa shape index (κ1) is 13.9. The van der Waals surface area contributed by atoms with Crippen LogP contribution in [0.25, 0.3) is 0 Å². The zero-order valence-electron chi connectivity index (χ0n) is 10.8. The number of carboxylic acids is 1. The predicted molar refractivity (Wildman–Crippen MR) is 71.9 cm³/mol. The van der Waals surface area contributed by atoms with Crippen molar-refractivity contribution in [3.63, 3.8) is 0 Å². The average Bonchev–Trinajstić information content (AvgIpc) is 3.11. The van der Waals surface area contributed by atoms with E-state index in [1.165, 1.54) is 24.2 Å². The van der Waals surface area contributed by atoms with E-state index in [4.69, 9.17) is 9.84 Å². The van der Waals surface area contributed by atoms with Gasteiger partial charge in [0, 0.05) is 11.4 Å². The lowest BCUT2D eigenvalue weighted by Gasteiger charge is -2.06. The van der Waals surface area contributed by atoms with Gasteiger partial charge >= 0.3 is 5.97 Å². The van der Waals surface area contributed by atoms with Crippen molar-refractivity contribution in [3.05, 3.63) is 15.8 Å². The van der Waals surface area contributed by atoms with Crippen LogP contribution in [0.1, 0.15) is 34.3 Å². The molecule has 1 aliphatic rings. The van der Waals surface area contributed by atoms with E-state index in [-0.39, 0.29) is 23.1 Å². The first-order chi connectivity index (χ1) is 9.10. The molecule has 0 unspecified atom stereocenters. The molecule has 1 saturated carbocycles. The van der Waals surface area contributed by atoms with Crippen LogP contribution in [0.5, 0.6) is 5.75 Å². The number of hydrogen-bond acceptors (Lipinski definition) is 4. The second kappa shape index (κ2) is 6.06. The van der Waals surface area contributed by atoms with Gasteiger partial charge in [-0.15, -0.1) is 11.3 Å². The van der Waals surface area contributed by atoms with Crippen molar-refractivity contribution < 1.29 is 19.4 Å². The first-order valence-corrected chi connectivity index (χ1v) is 7.17. The van der Waals surface area contributed by atoms with Gasteiger partial charge in [0.15, 0.2) is 11.5 Å². The van der Waals surface area contributed by atoms with Crippen molar-refractivity contribution in [1.29, 1.82) is 0 Å². The Morgan fingerprint density at radius 2 is 2.26 bits per heavy atom. The predicted octanol–water partition coefficient (Wildman–Crippen LogP) is 1.91. The number of carboxylic acid groups (broad SMARTS) is 1. The molecular formula is C13H17NO4S. The van der Waals surface area contributed by atoms with E-state index in [0.717, 1.165) is 11.3 Å². The van der Waals surface area contributed by atoms with E-state index in [9.17, 15) is 9.59 Å². The van der Waals surface area contributed by atoms with Gasteiger partial charge in [0.1, 0.15) is 5.75 Å². The number of rotatable bonds is 7. The molecule has 1 aromatic rings. The normalized spacial score (nSPS) is 14.2. The molecule has 2 N–H and O–H groups in total. The molecule has 104 valence electrons. The molecule has 2 rings (SSSR count). The third-order valence-corrected chi connectivity index (χ3v) is 4.18. The van der Waals surface area contributed by atoms with Crippen LogP contribution in [0.2, 0.25) is 0 Å². The number of ether oxygens (including phenoxy) is 1. The fourth-order valence-corrected chi connectivity index (χ4v) is 2.51. The van der Waals surface area contributed by atoms with Gasteiger partial charge in [-0.25, -0.2) is 4.79 Å². The Balaban J connectivity index is 1.88. The summed E-state index contributed by atoms with van der Waals surface area (Å²) >= 11 is 1.19. The van der Waals surface area contributed by atoms with Gasteiger partial charge < -0.3 is 15.2 Å². The highest BCUT2D eigenvalue weighted by atomic mass is 32.1. The van der Waals surface area contributed by atoms with Gasteiger partial charge in [-0.05, 0) is 31.2 Å². The molecule has 0 spiro atoms. The third-order valence-electron chi connectivity index (χ3n) is 2.94. The smallest absolute Gasteiger partial charge is 0.349 e. The maximum Gasteiger partial charge on any atom is 0.349 e. The maximum absolute atomic E-state index is 11.5. The van der Waals surface area contributed by atoms with Crippen molar-refractivity contribution >= 4 is 23.2 Å². The highest BCUT2D eigenvalue weighted by Crippen LogP contribution is 2.30. The summed E-state index contributed by atoms with van der Waals surface area (Å²) < 4.78 is 5.31. The number of aromatic carboxylic acids is 1. The van der Waals surface area contributed by atoms with E-state index < -0.39 is 5.97 Å². The SMILES string of the molecule is CCc1cc(OCC(=O)NCC2CC2)c(C(=O)O)s1. The Morgan fingerprint density at radius 1 is 1.53 bits per heavy atom. The summed E-state index contributed by atoms with van der Waals surface area (Å²) in [6.07, 6.45) is 3.10. The molecule has 1 aromatic heterocycles. The zero-order valence-corrected chi connectivity index (χ0v) is 11.6. The number of thiophene rings is 1. The summed E-state index contributed by atoms with van der Waals surface area (Å²) in [6, 6.07) is 1.70. The summed E-state index contributed by atoms with van der Waals surface area (Å²) in [6.45, 7) is 2.51. The number of carbonyl (C=O) groups is 2. The summed E-state index contributed by atoms with van der Waals surface area (Å²) in [5, 5.41) is 11.8. The van der Waals surface area contributed by atoms with Crippen molar-refractivity contribution in [2.45, 2.75) is 26.2 Å². The van der Waals surface area contributed by atoms with Crippen LogP contribution in [0, 0.1) is 5.92 Å². The van der Waals surface area contributed by atoms with Crippen LogP contribution < -0.4 is 10.1 Å². The Morgan fingerprint density at radius 3 is 2.84 bits per heavy atom. The molecule has 0 radical (unpaired) electrons. The lowest BCUT2D eigenvalue weighted by molar-refractivity contribution is -0.123. The summed E-state index contributed by atoms with van der Waals surface area (Å²) in [5.41, 5.74) is 0. The van der Waals surface area contributed by atoms with Crippen molar-refractivity contribution in [2.75, 3.05) is 13.2 Å². The number of nitrogens with one attached hydrogen (secondary N) is 1. The van der Waals surface area contributed by atoms with Crippen molar-refractivity contribution in [3.8, 4) is 5.75 Å². The lowest BCUT2D eigenvalue weighted by atomic mass is 10.3. The summed E-state index contributed by atoms with van der Waals surface area (Å²) in [5.74, 6) is -0.312. The number of amides is 1. The standard InChI is InChI=1S/C13H17NO4S/c1-2-9-5-10(12(19-9)13(16)17)18-7-11(15)14-6-8-3-4-8/h5,8H,2-4,6-7H2,1H3,(H,14,15)(H,16,17). The Labute approximate surface area is 115 Å². The molecular weight excluding hydrogens is 266 g/mol. The highest BCUT2D eigenvalue weighted by molar-refractivity contribution is 7.14. The highest BCUT2D eigenvalue weighted by Gasteiger charge is 2.22. The Hall–Kier alpha value is -1.56. The molecule has 1 fully saturated rings. The lowest BCUT2D eigenvalue weighted by Crippen LogP contribution is -2.30. The van der Waals surface area contributed by atoms with Crippen LogP contribution in [0.3, 0.4) is 0 Å². The monoisotopic (exact) mass is 283 g/mol. The molecule has 1 aliphatic carbocycles. The maximum atomic E-state index is 11.5. The molecule has 0 aromatic carbocycles. The van der Waals surface area contributed by atoms with Crippen LogP contribution in [-0.4, -0.2) is 30.1 Å². The zero-order chi connectivity index (χ0) is 13.8. The van der Waals surface area contributed by atoms with Gasteiger partial charge in [-0.1, -0.05) is 6.92 Å². The van der Waals surface area contributed by atoms with E-state index in [1.54, 1.807) is 6.07 Å². The number of carbonyl (C=O) groups excluding carboxylic acids is 1. The first-order valence-electron chi connectivity index (χ1n) is 6.35. The molecule has 19 heavy (non-hydrogen) atoms. The third kappa shape index (κ3) is 3.96.